The molecule has 1 amide bonds. The first-order valence-electron chi connectivity index (χ1n) is 9.79. The van der Waals surface area contributed by atoms with Crippen molar-refractivity contribution >= 4 is 17.1 Å². The molecule has 0 saturated carbocycles. The lowest BCUT2D eigenvalue weighted by Crippen LogP contribution is -2.41. The van der Waals surface area contributed by atoms with Crippen molar-refractivity contribution in [3.63, 3.8) is 0 Å². The summed E-state index contributed by atoms with van der Waals surface area (Å²) in [4.78, 5) is 18.0. The van der Waals surface area contributed by atoms with Crippen molar-refractivity contribution in [3.8, 4) is 0 Å². The monoisotopic (exact) mass is 374 g/mol. The molecule has 0 aliphatic carbocycles. The summed E-state index contributed by atoms with van der Waals surface area (Å²) in [5.41, 5.74) is 0.419. The molecule has 3 rings (SSSR count). The number of hydrogen-bond donors (Lipinski definition) is 0. The first kappa shape index (κ1) is 19.7. The predicted molar refractivity (Wildman–Crippen MR) is 103 cm³/mol. The molecule has 2 aromatic rings. The van der Waals surface area contributed by atoms with Gasteiger partial charge in [-0.15, -0.1) is 0 Å². The Morgan fingerprint density at radius 2 is 2.11 bits per heavy atom. The molecule has 0 spiro atoms. The molecule has 0 radical (unpaired) electrons. The van der Waals surface area contributed by atoms with Crippen molar-refractivity contribution < 1.29 is 18.7 Å². The van der Waals surface area contributed by atoms with Crippen molar-refractivity contribution in [2.75, 3.05) is 19.7 Å². The molecule has 148 valence electrons. The lowest BCUT2D eigenvalue weighted by atomic mass is 9.92. The van der Waals surface area contributed by atoms with Gasteiger partial charge < -0.3 is 18.8 Å². The van der Waals surface area contributed by atoms with Gasteiger partial charge >= 0.3 is 6.09 Å². The fraction of sp³-hybridized carbons (Fsp3) is 0.619. The van der Waals surface area contributed by atoms with E-state index in [4.69, 9.17) is 13.9 Å². The van der Waals surface area contributed by atoms with E-state index in [2.05, 4.69) is 4.98 Å². The van der Waals surface area contributed by atoms with Crippen LogP contribution in [0, 0.1) is 5.92 Å². The zero-order chi connectivity index (χ0) is 19.3. The normalized spacial score (nSPS) is 16.0. The van der Waals surface area contributed by atoms with Gasteiger partial charge in [-0.05, 0) is 64.5 Å². The number of fused-ring (bicyclic) bond motifs is 1. The minimum Gasteiger partial charge on any atom is -0.458 e. The number of carbonyl (C=O) groups excluding carboxylic acids is 1. The van der Waals surface area contributed by atoms with E-state index in [0.717, 1.165) is 62.1 Å². The summed E-state index contributed by atoms with van der Waals surface area (Å²) in [5, 5.41) is 1.01. The van der Waals surface area contributed by atoms with Crippen molar-refractivity contribution in [1.82, 2.24) is 9.88 Å². The molecular formula is C21H30N2O4. The second-order valence-corrected chi connectivity index (χ2v) is 8.23. The largest absolute Gasteiger partial charge is 0.458 e. The Morgan fingerprint density at radius 3 is 2.81 bits per heavy atom. The zero-order valence-corrected chi connectivity index (χ0v) is 16.6. The van der Waals surface area contributed by atoms with Gasteiger partial charge in [0.15, 0.2) is 0 Å². The maximum atomic E-state index is 12.1. The summed E-state index contributed by atoms with van der Waals surface area (Å²) in [5.74, 6) is 1.49. The van der Waals surface area contributed by atoms with Crippen LogP contribution < -0.4 is 0 Å². The molecular weight excluding hydrogens is 344 g/mol. The number of pyridine rings is 1. The Kier molecular flexibility index (Phi) is 6.37. The molecule has 27 heavy (non-hydrogen) atoms. The minimum absolute atomic E-state index is 0.190. The number of nitrogens with zero attached hydrogens (tertiary/aromatic N) is 2. The molecule has 6 nitrogen and oxygen atoms in total. The lowest BCUT2D eigenvalue weighted by molar-refractivity contribution is 0.0175. The van der Waals surface area contributed by atoms with Gasteiger partial charge in [-0.3, -0.25) is 4.98 Å². The molecule has 1 aliphatic rings. The number of hydrogen-bond acceptors (Lipinski definition) is 5. The SMILES string of the molecule is CC(C)(C)OC(=O)N1CCC(CCCOCc2cc3cnccc3o2)CC1. The highest BCUT2D eigenvalue weighted by molar-refractivity contribution is 5.76. The molecule has 0 unspecified atom stereocenters. The van der Waals surface area contributed by atoms with Crippen LogP contribution in [-0.2, 0) is 16.1 Å². The molecule has 6 heteroatoms. The van der Waals surface area contributed by atoms with E-state index in [0.29, 0.717) is 12.5 Å². The second-order valence-electron chi connectivity index (χ2n) is 8.23. The van der Waals surface area contributed by atoms with Crippen LogP contribution in [0.5, 0.6) is 0 Å². The van der Waals surface area contributed by atoms with Gasteiger partial charge in [-0.1, -0.05) is 0 Å². The van der Waals surface area contributed by atoms with E-state index in [1.165, 1.54) is 0 Å². The van der Waals surface area contributed by atoms with Gasteiger partial charge in [0.1, 0.15) is 23.6 Å². The average molecular weight is 374 g/mol. The van der Waals surface area contributed by atoms with Crippen LogP contribution in [0.1, 0.15) is 52.2 Å². The predicted octanol–water partition coefficient (Wildman–Crippen LogP) is 4.77. The first-order valence-corrected chi connectivity index (χ1v) is 9.79. The number of rotatable bonds is 6. The van der Waals surface area contributed by atoms with Crippen LogP contribution in [0.25, 0.3) is 11.0 Å². The van der Waals surface area contributed by atoms with Crippen LogP contribution in [0.2, 0.25) is 0 Å². The van der Waals surface area contributed by atoms with Gasteiger partial charge in [0.25, 0.3) is 0 Å². The van der Waals surface area contributed by atoms with Crippen LogP contribution in [0.4, 0.5) is 4.79 Å². The Bertz CT molecular complexity index is 709. The quantitative estimate of drug-likeness (QED) is 0.681. The highest BCUT2D eigenvalue weighted by Crippen LogP contribution is 2.24. The molecule has 0 N–H and O–H groups in total. The smallest absolute Gasteiger partial charge is 0.410 e. The number of furan rings is 1. The maximum Gasteiger partial charge on any atom is 0.410 e. The maximum absolute atomic E-state index is 12.1. The number of ether oxygens (including phenoxy) is 2. The summed E-state index contributed by atoms with van der Waals surface area (Å²) < 4.78 is 16.9. The van der Waals surface area contributed by atoms with Crippen LogP contribution >= 0.6 is 0 Å². The standard InChI is InChI=1S/C21H30N2O4/c1-21(2,3)27-20(24)23-10-7-16(8-11-23)5-4-12-25-15-18-13-17-14-22-9-6-19(17)26-18/h6,9,13-14,16H,4-5,7-8,10-12,15H2,1-3H3. The van der Waals surface area contributed by atoms with E-state index >= 15 is 0 Å². The number of carbonyl (C=O) groups is 1. The molecule has 1 fully saturated rings. The first-order chi connectivity index (χ1) is 12.9. The van der Waals surface area contributed by atoms with E-state index in [9.17, 15) is 4.79 Å². The third kappa shape index (κ3) is 5.96. The van der Waals surface area contributed by atoms with E-state index in [1.807, 2.05) is 37.8 Å². The highest BCUT2D eigenvalue weighted by atomic mass is 16.6. The van der Waals surface area contributed by atoms with E-state index in [1.54, 1.807) is 12.4 Å². The molecule has 0 bridgehead atoms. The average Bonchev–Trinajstić information content (AvgIpc) is 3.03. The number of aromatic nitrogens is 1. The summed E-state index contributed by atoms with van der Waals surface area (Å²) in [6.45, 7) is 8.49. The molecule has 3 heterocycles. The Labute approximate surface area is 160 Å². The highest BCUT2D eigenvalue weighted by Gasteiger charge is 2.26. The summed E-state index contributed by atoms with van der Waals surface area (Å²) in [7, 11) is 0. The van der Waals surface area contributed by atoms with Crippen molar-refractivity contribution in [2.24, 2.45) is 5.92 Å². The summed E-state index contributed by atoms with van der Waals surface area (Å²) >= 11 is 0. The van der Waals surface area contributed by atoms with Crippen LogP contribution in [0.15, 0.2) is 28.9 Å². The second kappa shape index (κ2) is 8.74. The number of amides is 1. The van der Waals surface area contributed by atoms with Gasteiger partial charge in [0.2, 0.25) is 0 Å². The number of likely N-dealkylation sites (tertiary alicyclic amines) is 1. The van der Waals surface area contributed by atoms with Crippen molar-refractivity contribution in [1.29, 1.82) is 0 Å². The third-order valence-corrected chi connectivity index (χ3v) is 4.78. The van der Waals surface area contributed by atoms with Crippen molar-refractivity contribution in [3.05, 3.63) is 30.3 Å². The third-order valence-electron chi connectivity index (χ3n) is 4.78. The van der Waals surface area contributed by atoms with Crippen LogP contribution in [0.3, 0.4) is 0 Å². The van der Waals surface area contributed by atoms with E-state index in [-0.39, 0.29) is 6.09 Å². The van der Waals surface area contributed by atoms with Crippen molar-refractivity contribution in [2.45, 2.75) is 58.7 Å². The van der Waals surface area contributed by atoms with Gasteiger partial charge in [-0.2, -0.15) is 0 Å². The number of piperidine rings is 1. The lowest BCUT2D eigenvalue weighted by Gasteiger charge is -2.33. The Morgan fingerprint density at radius 1 is 1.33 bits per heavy atom. The Balaban J connectivity index is 1.30. The summed E-state index contributed by atoms with van der Waals surface area (Å²) in [6.07, 6.45) is 7.57. The van der Waals surface area contributed by atoms with Gasteiger partial charge in [0, 0.05) is 37.5 Å². The van der Waals surface area contributed by atoms with E-state index < -0.39 is 5.60 Å². The fourth-order valence-corrected chi connectivity index (χ4v) is 3.39. The molecule has 1 saturated heterocycles. The Hall–Kier alpha value is -2.08. The topological polar surface area (TPSA) is 64.8 Å². The fourth-order valence-electron chi connectivity index (χ4n) is 3.39. The van der Waals surface area contributed by atoms with Gasteiger partial charge in [-0.25, -0.2) is 4.79 Å². The summed E-state index contributed by atoms with van der Waals surface area (Å²) in [6, 6.07) is 3.84. The molecule has 0 aromatic carbocycles. The molecule has 1 aliphatic heterocycles. The van der Waals surface area contributed by atoms with Crippen LogP contribution in [-0.4, -0.2) is 41.3 Å². The molecule has 0 atom stereocenters. The minimum atomic E-state index is -0.429. The van der Waals surface area contributed by atoms with Gasteiger partial charge in [0.05, 0.1) is 0 Å². The molecule has 2 aromatic heterocycles. The zero-order valence-electron chi connectivity index (χ0n) is 16.6.